The zero-order valence-electron chi connectivity index (χ0n) is 17.4. The second kappa shape index (κ2) is 7.83. The van der Waals surface area contributed by atoms with Gasteiger partial charge < -0.3 is 18.7 Å². The molecule has 0 aliphatic carbocycles. The third-order valence-corrected chi connectivity index (χ3v) is 5.71. The van der Waals surface area contributed by atoms with Crippen molar-refractivity contribution in [2.45, 2.75) is 18.9 Å². The third-order valence-electron chi connectivity index (χ3n) is 5.71. The van der Waals surface area contributed by atoms with Crippen LogP contribution >= 0.6 is 0 Å². The lowest BCUT2D eigenvalue weighted by Crippen LogP contribution is -2.41. The molecule has 1 aliphatic rings. The van der Waals surface area contributed by atoms with Crippen LogP contribution in [0, 0.1) is 0 Å². The highest BCUT2D eigenvalue weighted by atomic mass is 19.3. The molecule has 1 atom stereocenters. The van der Waals surface area contributed by atoms with Crippen LogP contribution in [-0.2, 0) is 6.42 Å². The number of aromatic amines is 1. The zero-order chi connectivity index (χ0) is 23.2. The maximum absolute atomic E-state index is 14.2. The zero-order valence-corrected chi connectivity index (χ0v) is 17.4. The molecule has 0 spiro atoms. The highest BCUT2D eigenvalue weighted by Gasteiger charge is 2.41. The van der Waals surface area contributed by atoms with Gasteiger partial charge in [0, 0.05) is 36.4 Å². The Hall–Kier alpha value is -4.48. The summed E-state index contributed by atoms with van der Waals surface area (Å²) in [6.45, 7) is 0.196. The number of carbonyl (C=O) groups is 1. The topological polar surface area (TPSA) is 127 Å². The second-order valence-electron chi connectivity index (χ2n) is 7.60. The number of fused-ring (bicyclic) bond motifs is 2. The van der Waals surface area contributed by atoms with Crippen LogP contribution in [0.3, 0.4) is 0 Å². The van der Waals surface area contributed by atoms with Crippen LogP contribution < -0.4 is 0 Å². The molecule has 4 aromatic heterocycles. The van der Waals surface area contributed by atoms with E-state index < -0.39 is 18.4 Å². The predicted molar refractivity (Wildman–Crippen MR) is 112 cm³/mol. The van der Waals surface area contributed by atoms with Gasteiger partial charge in [0.15, 0.2) is 0 Å². The van der Waals surface area contributed by atoms with Crippen LogP contribution in [0.15, 0.2) is 58.0 Å². The van der Waals surface area contributed by atoms with Gasteiger partial charge in [-0.15, -0.1) is 10.2 Å². The molecule has 5 aromatic rings. The van der Waals surface area contributed by atoms with Crippen LogP contribution in [0.5, 0.6) is 0 Å². The van der Waals surface area contributed by atoms with E-state index in [9.17, 15) is 13.6 Å². The van der Waals surface area contributed by atoms with Gasteiger partial charge in [-0.2, -0.15) is 0 Å². The van der Waals surface area contributed by atoms with Crippen LogP contribution in [-0.4, -0.2) is 47.5 Å². The molecule has 5 heterocycles. The van der Waals surface area contributed by atoms with Gasteiger partial charge >= 0.3 is 11.8 Å². The number of rotatable bonds is 4. The molecule has 1 aromatic carbocycles. The number of halogens is 2. The van der Waals surface area contributed by atoms with E-state index in [1.807, 2.05) is 0 Å². The Morgan fingerprint density at radius 2 is 2.03 bits per heavy atom. The first-order chi connectivity index (χ1) is 16.6. The number of alkyl halides is 2. The van der Waals surface area contributed by atoms with Crippen molar-refractivity contribution in [3.05, 3.63) is 77.8 Å². The monoisotopic (exact) mass is 463 g/mol. The summed E-state index contributed by atoms with van der Waals surface area (Å²) < 4.78 is 39.9. The Labute approximate surface area is 189 Å². The minimum absolute atomic E-state index is 0.0162. The van der Waals surface area contributed by atoms with Crippen LogP contribution in [0.25, 0.3) is 22.6 Å². The maximum Gasteiger partial charge on any atom is 0.312 e. The van der Waals surface area contributed by atoms with Crippen molar-refractivity contribution in [2.24, 2.45) is 0 Å². The fourth-order valence-electron chi connectivity index (χ4n) is 4.22. The van der Waals surface area contributed by atoms with Crippen molar-refractivity contribution in [2.75, 3.05) is 6.54 Å². The lowest BCUT2D eigenvalue weighted by Gasteiger charge is -2.33. The van der Waals surface area contributed by atoms with Crippen molar-refractivity contribution in [1.82, 2.24) is 35.0 Å². The summed E-state index contributed by atoms with van der Waals surface area (Å²) in [5, 5.41) is 8.02. The van der Waals surface area contributed by atoms with E-state index in [2.05, 4.69) is 30.1 Å². The van der Waals surface area contributed by atoms with E-state index in [1.165, 1.54) is 29.8 Å². The molecular formula is C22H15F2N7O3. The lowest BCUT2D eigenvalue weighted by atomic mass is 9.97. The van der Waals surface area contributed by atoms with Crippen molar-refractivity contribution >= 4 is 16.9 Å². The number of furan rings is 1. The number of nitrogens with one attached hydrogen (secondary N) is 1. The first-order valence-electron chi connectivity index (χ1n) is 10.3. The predicted octanol–water partition coefficient (Wildman–Crippen LogP) is 3.72. The Morgan fingerprint density at radius 3 is 2.85 bits per heavy atom. The number of hydrogen-bond acceptors (Lipinski definition) is 8. The van der Waals surface area contributed by atoms with E-state index in [1.54, 1.807) is 24.3 Å². The van der Waals surface area contributed by atoms with Crippen molar-refractivity contribution < 1.29 is 22.4 Å². The van der Waals surface area contributed by atoms with Gasteiger partial charge in [-0.25, -0.2) is 18.7 Å². The van der Waals surface area contributed by atoms with Gasteiger partial charge in [0.2, 0.25) is 0 Å². The number of para-hydroxylation sites is 1. The van der Waals surface area contributed by atoms with Gasteiger partial charge in [-0.1, -0.05) is 18.2 Å². The number of benzene rings is 1. The average molecular weight is 463 g/mol. The summed E-state index contributed by atoms with van der Waals surface area (Å²) >= 11 is 0. The number of imidazole rings is 1. The molecule has 170 valence electrons. The van der Waals surface area contributed by atoms with E-state index in [-0.39, 0.29) is 35.0 Å². The summed E-state index contributed by atoms with van der Waals surface area (Å²) in [4.78, 5) is 30.2. The quantitative estimate of drug-likeness (QED) is 0.427. The van der Waals surface area contributed by atoms with E-state index >= 15 is 0 Å². The Balaban J connectivity index is 1.46. The molecule has 34 heavy (non-hydrogen) atoms. The van der Waals surface area contributed by atoms with Crippen LogP contribution in [0.2, 0.25) is 0 Å². The third kappa shape index (κ3) is 3.14. The number of nitrogens with zero attached hydrogens (tertiary/aromatic N) is 6. The molecule has 1 N–H and O–H groups in total. The molecular weight excluding hydrogens is 448 g/mol. The largest absolute Gasteiger partial charge is 0.458 e. The van der Waals surface area contributed by atoms with Crippen molar-refractivity contribution in [1.29, 1.82) is 0 Å². The van der Waals surface area contributed by atoms with Crippen LogP contribution in [0.4, 0.5) is 8.78 Å². The molecule has 0 radical (unpaired) electrons. The molecule has 1 amide bonds. The van der Waals surface area contributed by atoms with E-state index in [4.69, 9.17) is 8.83 Å². The molecule has 12 heteroatoms. The van der Waals surface area contributed by atoms with E-state index in [0.29, 0.717) is 23.4 Å². The lowest BCUT2D eigenvalue weighted by molar-refractivity contribution is 0.0623. The number of carbonyl (C=O) groups excluding carboxylic acids is 1. The fourth-order valence-corrected chi connectivity index (χ4v) is 4.22. The molecule has 0 bridgehead atoms. The summed E-state index contributed by atoms with van der Waals surface area (Å²) in [5.41, 5.74) is 1.48. The number of amides is 1. The minimum atomic E-state index is -2.83. The first-order valence-corrected chi connectivity index (χ1v) is 10.3. The Bertz CT molecular complexity index is 1490. The second-order valence-corrected chi connectivity index (χ2v) is 7.60. The van der Waals surface area contributed by atoms with Crippen molar-refractivity contribution in [3.8, 4) is 11.6 Å². The van der Waals surface area contributed by atoms with Gasteiger partial charge in [0.05, 0.1) is 23.8 Å². The normalized spacial score (nSPS) is 15.7. The first kappa shape index (κ1) is 20.1. The molecule has 0 unspecified atom stereocenters. The van der Waals surface area contributed by atoms with Crippen molar-refractivity contribution in [3.63, 3.8) is 0 Å². The highest BCUT2D eigenvalue weighted by Crippen LogP contribution is 2.43. The maximum atomic E-state index is 14.2. The molecule has 0 fully saturated rings. The number of aromatic nitrogens is 6. The highest BCUT2D eigenvalue weighted by molar-refractivity contribution is 5.91. The summed E-state index contributed by atoms with van der Waals surface area (Å²) in [6, 6.07) is 5.52. The number of hydrogen-bond donors (Lipinski definition) is 1. The standard InChI is InChI=1S/C22H15F2N7O3/c23-19(24)15-11-3-1-2-4-14(11)33-18(15)17-16-12(27-10-28-16)5-8-31(17)22(32)21-30-29-20(34-21)13-9-25-6-7-26-13/h1-4,6-7,9-10,17,19H,5,8H2,(H,27,28)/t17-/m1/s1. The minimum Gasteiger partial charge on any atom is -0.458 e. The average Bonchev–Trinajstić information content (AvgIpc) is 3.61. The van der Waals surface area contributed by atoms with Gasteiger partial charge in [0.1, 0.15) is 23.1 Å². The molecule has 0 saturated carbocycles. The smallest absolute Gasteiger partial charge is 0.312 e. The molecule has 0 saturated heterocycles. The Morgan fingerprint density at radius 1 is 1.15 bits per heavy atom. The van der Waals surface area contributed by atoms with E-state index in [0.717, 1.165) is 5.69 Å². The Kier molecular flexibility index (Phi) is 4.64. The molecule has 6 rings (SSSR count). The fraction of sp³-hybridized carbons (Fsp3) is 0.182. The summed E-state index contributed by atoms with van der Waals surface area (Å²) in [6.07, 6.45) is 3.44. The SMILES string of the molecule is O=C(c1nnc(-c2cnccn2)o1)N1CCc2[nH]cnc2[C@@H]1c1oc2ccccc2c1C(F)F. The summed E-state index contributed by atoms with van der Waals surface area (Å²) in [5.74, 6) is -0.977. The van der Waals surface area contributed by atoms with Gasteiger partial charge in [0.25, 0.3) is 12.3 Å². The van der Waals surface area contributed by atoms with Gasteiger partial charge in [-0.05, 0) is 6.07 Å². The molecule has 10 nitrogen and oxygen atoms in total. The number of H-pyrrole nitrogens is 1. The van der Waals surface area contributed by atoms with Gasteiger partial charge in [-0.3, -0.25) is 9.78 Å². The summed E-state index contributed by atoms with van der Waals surface area (Å²) in [7, 11) is 0. The van der Waals surface area contributed by atoms with Crippen LogP contribution in [0.1, 0.15) is 45.9 Å². The molecule has 1 aliphatic heterocycles.